The molecule has 8 heteroatoms. The molecule has 1 amide bonds. The van der Waals surface area contributed by atoms with Crippen molar-refractivity contribution in [1.82, 2.24) is 15.5 Å². The van der Waals surface area contributed by atoms with Gasteiger partial charge in [-0.25, -0.2) is 0 Å². The summed E-state index contributed by atoms with van der Waals surface area (Å²) in [4.78, 5) is 21.9. The Morgan fingerprint density at radius 2 is 2.07 bits per heavy atom. The van der Waals surface area contributed by atoms with E-state index in [0.29, 0.717) is 18.2 Å². The molecule has 0 spiro atoms. The molecule has 2 aromatic rings. The number of guanidine groups is 1. The van der Waals surface area contributed by atoms with Crippen molar-refractivity contribution in [3.63, 3.8) is 0 Å². The maximum atomic E-state index is 12.6. The number of amides is 1. The molecule has 0 fully saturated rings. The number of nitrogens with zero attached hydrogens (tertiary/aromatic N) is 2. The summed E-state index contributed by atoms with van der Waals surface area (Å²) in [5, 5.41) is 9.08. The molecule has 5 nitrogen and oxygen atoms in total. The number of carbonyl (C=O) groups is 1. The summed E-state index contributed by atoms with van der Waals surface area (Å²) in [6.45, 7) is 7.93. The lowest BCUT2D eigenvalue weighted by atomic mass is 10.1. The molecule has 164 valence electrons. The zero-order valence-electron chi connectivity index (χ0n) is 17.6. The minimum Gasteiger partial charge on any atom is -0.357 e. The smallest absolute Gasteiger partial charge is 0.224 e. The monoisotopic (exact) mass is 558 g/mol. The van der Waals surface area contributed by atoms with Gasteiger partial charge in [-0.2, -0.15) is 0 Å². The third kappa shape index (κ3) is 7.77. The molecule has 0 aliphatic carbocycles. The first kappa shape index (κ1) is 25.0. The Labute approximate surface area is 205 Å². The summed E-state index contributed by atoms with van der Waals surface area (Å²) in [5.41, 5.74) is 1.31. The Kier molecular flexibility index (Phi) is 11.0. The molecule has 3 rings (SSSR count). The number of halogens is 1. The number of benzene rings is 1. The summed E-state index contributed by atoms with van der Waals surface area (Å²) in [6, 6.07) is 12.5. The molecule has 0 saturated carbocycles. The Balaban J connectivity index is 0.00000320. The highest BCUT2D eigenvalue weighted by Gasteiger charge is 2.21. The highest BCUT2D eigenvalue weighted by molar-refractivity contribution is 14.0. The first-order valence-corrected chi connectivity index (χ1v) is 12.0. The summed E-state index contributed by atoms with van der Waals surface area (Å²) in [5.74, 6) is 0.984. The number of carbonyl (C=O) groups excluding carboxylic acids is 1. The van der Waals surface area contributed by atoms with Crippen LogP contribution in [0.25, 0.3) is 0 Å². The number of rotatable bonds is 8. The lowest BCUT2D eigenvalue weighted by Gasteiger charge is -2.27. The Bertz CT molecular complexity index is 812. The molecule has 1 aromatic carbocycles. The van der Waals surface area contributed by atoms with Gasteiger partial charge in [0.1, 0.15) is 0 Å². The summed E-state index contributed by atoms with van der Waals surface area (Å²) in [6.07, 6.45) is 1.46. The molecule has 1 aliphatic heterocycles. The van der Waals surface area contributed by atoms with Crippen molar-refractivity contribution in [2.75, 3.05) is 26.2 Å². The van der Waals surface area contributed by atoms with Crippen LogP contribution in [0, 0.1) is 0 Å². The van der Waals surface area contributed by atoms with Crippen molar-refractivity contribution in [2.24, 2.45) is 4.99 Å². The van der Waals surface area contributed by atoms with Crippen LogP contribution in [-0.4, -0.2) is 48.2 Å². The fourth-order valence-electron chi connectivity index (χ4n) is 3.24. The molecular formula is C22H31IN4OS2. The van der Waals surface area contributed by atoms with Gasteiger partial charge in [0.15, 0.2) is 5.96 Å². The van der Waals surface area contributed by atoms with Gasteiger partial charge >= 0.3 is 0 Å². The van der Waals surface area contributed by atoms with Crippen LogP contribution in [0.15, 0.2) is 51.7 Å². The van der Waals surface area contributed by atoms with E-state index in [1.54, 1.807) is 11.3 Å². The van der Waals surface area contributed by atoms with Crippen LogP contribution in [0.3, 0.4) is 0 Å². The first-order valence-electron chi connectivity index (χ1n) is 10.2. The number of hydrogen-bond donors (Lipinski definition) is 2. The van der Waals surface area contributed by atoms with E-state index < -0.39 is 0 Å². The van der Waals surface area contributed by atoms with Crippen LogP contribution in [-0.2, 0) is 17.8 Å². The van der Waals surface area contributed by atoms with Crippen molar-refractivity contribution in [2.45, 2.75) is 43.4 Å². The lowest BCUT2D eigenvalue weighted by Crippen LogP contribution is -2.41. The molecule has 0 bridgehead atoms. The first-order chi connectivity index (χ1) is 14.2. The number of hydrogen-bond acceptors (Lipinski definition) is 4. The number of nitrogens with one attached hydrogen (secondary N) is 2. The van der Waals surface area contributed by atoms with E-state index >= 15 is 0 Å². The summed E-state index contributed by atoms with van der Waals surface area (Å²) >= 11 is 3.62. The van der Waals surface area contributed by atoms with Crippen LogP contribution in [0.4, 0.5) is 0 Å². The van der Waals surface area contributed by atoms with Crippen LogP contribution in [0.5, 0.6) is 0 Å². The van der Waals surface area contributed by atoms with Gasteiger partial charge in [0.2, 0.25) is 5.91 Å². The van der Waals surface area contributed by atoms with Gasteiger partial charge in [0.05, 0.1) is 6.54 Å². The predicted octanol–water partition coefficient (Wildman–Crippen LogP) is 4.38. The van der Waals surface area contributed by atoms with Gasteiger partial charge in [-0.1, -0.05) is 25.1 Å². The van der Waals surface area contributed by atoms with Crippen molar-refractivity contribution in [1.29, 1.82) is 0 Å². The lowest BCUT2D eigenvalue weighted by molar-refractivity contribution is -0.131. The number of fused-ring (bicyclic) bond motifs is 1. The normalized spacial score (nSPS) is 14.5. The van der Waals surface area contributed by atoms with Crippen LogP contribution < -0.4 is 10.6 Å². The van der Waals surface area contributed by atoms with Crippen molar-refractivity contribution >= 4 is 58.9 Å². The van der Waals surface area contributed by atoms with E-state index in [4.69, 9.17) is 4.99 Å². The number of aliphatic imine (C=N–C) groups is 1. The Morgan fingerprint density at radius 1 is 1.27 bits per heavy atom. The second-order valence-electron chi connectivity index (χ2n) is 7.07. The van der Waals surface area contributed by atoms with Crippen LogP contribution in [0.2, 0.25) is 0 Å². The average molecular weight is 559 g/mol. The number of thiophene rings is 1. The Hall–Kier alpha value is -1.26. The molecule has 1 unspecified atom stereocenters. The van der Waals surface area contributed by atoms with E-state index in [1.165, 1.54) is 15.3 Å². The molecule has 1 aliphatic rings. The maximum absolute atomic E-state index is 12.6. The average Bonchev–Trinajstić information content (AvgIpc) is 3.20. The summed E-state index contributed by atoms with van der Waals surface area (Å²) in [7, 11) is 0. The molecule has 0 saturated heterocycles. The Morgan fingerprint density at radius 3 is 2.83 bits per heavy atom. The highest BCUT2D eigenvalue weighted by atomic mass is 127. The van der Waals surface area contributed by atoms with Crippen LogP contribution in [0.1, 0.15) is 30.7 Å². The fourth-order valence-corrected chi connectivity index (χ4v) is 5.06. The fraction of sp³-hybridized carbons (Fsp3) is 0.455. The van der Waals surface area contributed by atoms with Gasteiger partial charge in [0.25, 0.3) is 0 Å². The van der Waals surface area contributed by atoms with E-state index in [2.05, 4.69) is 60.2 Å². The second-order valence-corrected chi connectivity index (χ2v) is 9.58. The SMILES string of the molecule is CCNC(=NCC(C)Sc1ccccc1)NCCC(=O)N1CCc2sccc2C1.I. The quantitative estimate of drug-likeness (QED) is 0.219. The molecule has 30 heavy (non-hydrogen) atoms. The third-order valence-corrected chi connectivity index (χ3v) is 6.84. The molecule has 1 atom stereocenters. The minimum atomic E-state index is 0. The van der Waals surface area contributed by atoms with Gasteiger partial charge in [-0.05, 0) is 42.5 Å². The largest absolute Gasteiger partial charge is 0.357 e. The van der Waals surface area contributed by atoms with Crippen LogP contribution >= 0.6 is 47.1 Å². The maximum Gasteiger partial charge on any atom is 0.224 e. The van der Waals surface area contributed by atoms with Gasteiger partial charge < -0.3 is 15.5 Å². The van der Waals surface area contributed by atoms with Gasteiger partial charge in [0, 0.05) is 47.6 Å². The van der Waals surface area contributed by atoms with E-state index in [1.807, 2.05) is 22.7 Å². The molecule has 0 radical (unpaired) electrons. The standard InChI is InChI=1S/C22H30N4OS2.HI/c1-3-23-22(25-15-17(2)29-19-7-5-4-6-8-19)24-12-9-21(27)26-13-10-20-18(16-26)11-14-28-20;/h4-8,11,14,17H,3,9-10,12-13,15-16H2,1-2H3,(H2,23,24,25);1H. The predicted molar refractivity (Wildman–Crippen MR) is 139 cm³/mol. The number of thioether (sulfide) groups is 1. The van der Waals surface area contributed by atoms with Crippen molar-refractivity contribution < 1.29 is 4.79 Å². The van der Waals surface area contributed by atoms with Gasteiger partial charge in [-0.15, -0.1) is 47.1 Å². The van der Waals surface area contributed by atoms with Crippen molar-refractivity contribution in [3.05, 3.63) is 52.2 Å². The third-order valence-electron chi connectivity index (χ3n) is 4.72. The van der Waals surface area contributed by atoms with Gasteiger partial charge in [-0.3, -0.25) is 9.79 Å². The zero-order chi connectivity index (χ0) is 20.5. The topological polar surface area (TPSA) is 56.7 Å². The molecule has 2 N–H and O–H groups in total. The zero-order valence-corrected chi connectivity index (χ0v) is 21.6. The molecule has 1 aromatic heterocycles. The molecule has 2 heterocycles. The summed E-state index contributed by atoms with van der Waals surface area (Å²) < 4.78 is 0. The van der Waals surface area contributed by atoms with E-state index in [-0.39, 0.29) is 29.9 Å². The van der Waals surface area contributed by atoms with E-state index in [0.717, 1.165) is 38.6 Å². The van der Waals surface area contributed by atoms with Crippen molar-refractivity contribution in [3.8, 4) is 0 Å². The highest BCUT2D eigenvalue weighted by Crippen LogP contribution is 2.24. The van der Waals surface area contributed by atoms with E-state index in [9.17, 15) is 4.79 Å². The second kappa shape index (κ2) is 13.2. The minimum absolute atomic E-state index is 0. The molecular weight excluding hydrogens is 527 g/mol.